The van der Waals surface area contributed by atoms with Crippen LogP contribution in [-0.4, -0.2) is 22.3 Å². The molecule has 3 nitrogen and oxygen atoms in total. The molecule has 0 radical (unpaired) electrons. The summed E-state index contributed by atoms with van der Waals surface area (Å²) in [5.74, 6) is 0.944. The fourth-order valence-corrected chi connectivity index (χ4v) is 1.98. The zero-order valence-electron chi connectivity index (χ0n) is 9.88. The van der Waals surface area contributed by atoms with Gasteiger partial charge in [0, 0.05) is 40.2 Å². The minimum absolute atomic E-state index is 0.301. The van der Waals surface area contributed by atoms with Gasteiger partial charge in [-0.05, 0) is 18.2 Å². The van der Waals surface area contributed by atoms with Crippen LogP contribution < -0.4 is 11.1 Å². The molecule has 0 aliphatic rings. The van der Waals surface area contributed by atoms with Crippen LogP contribution in [0, 0.1) is 0 Å². The number of halogens is 3. The lowest BCUT2D eigenvalue weighted by Gasteiger charge is -2.12. The second-order valence-corrected chi connectivity index (χ2v) is 5.52. The Morgan fingerprint density at radius 3 is 2.61 bits per heavy atom. The quantitative estimate of drug-likeness (QED) is 0.815. The van der Waals surface area contributed by atoms with Crippen molar-refractivity contribution in [3.05, 3.63) is 23.8 Å². The highest BCUT2D eigenvalue weighted by Crippen LogP contribution is 2.34. The first kappa shape index (κ1) is 14.8. The fraction of sp³-hybridized carbons (Fsp3) is 0.455. The number of alkyl halides is 3. The molecular weight excluding hydrogens is 265 g/mol. The van der Waals surface area contributed by atoms with Crippen LogP contribution in [0.4, 0.5) is 24.5 Å². The lowest BCUT2D eigenvalue weighted by atomic mass is 10.1. The van der Waals surface area contributed by atoms with E-state index in [9.17, 15) is 17.4 Å². The van der Waals surface area contributed by atoms with Crippen molar-refractivity contribution in [2.45, 2.75) is 13.1 Å². The third kappa shape index (κ3) is 4.21. The zero-order valence-corrected chi connectivity index (χ0v) is 10.7. The van der Waals surface area contributed by atoms with E-state index in [1.165, 1.54) is 12.1 Å². The molecule has 0 saturated carbocycles. The van der Waals surface area contributed by atoms with Crippen LogP contribution in [-0.2, 0) is 17.0 Å². The molecule has 102 valence electrons. The van der Waals surface area contributed by atoms with Crippen LogP contribution in [0.25, 0.3) is 0 Å². The van der Waals surface area contributed by atoms with Crippen LogP contribution in [0.2, 0.25) is 0 Å². The van der Waals surface area contributed by atoms with Crippen molar-refractivity contribution in [1.82, 2.24) is 0 Å². The molecule has 3 N–H and O–H groups in total. The van der Waals surface area contributed by atoms with Gasteiger partial charge in [-0.2, -0.15) is 13.2 Å². The summed E-state index contributed by atoms with van der Waals surface area (Å²) >= 11 is 0. The first-order chi connectivity index (χ1) is 8.34. The van der Waals surface area contributed by atoms with E-state index in [4.69, 9.17) is 5.73 Å². The Labute approximate surface area is 106 Å². The van der Waals surface area contributed by atoms with Gasteiger partial charge < -0.3 is 11.1 Å². The number of anilines is 2. The third-order valence-electron chi connectivity index (χ3n) is 2.34. The number of rotatable bonds is 5. The largest absolute Gasteiger partial charge is 0.418 e. The van der Waals surface area contributed by atoms with Crippen molar-refractivity contribution in [3.63, 3.8) is 0 Å². The molecule has 0 amide bonds. The molecule has 1 rings (SSSR count). The normalized spacial score (nSPS) is 13.3. The average molecular weight is 280 g/mol. The van der Waals surface area contributed by atoms with Crippen LogP contribution in [0.1, 0.15) is 12.5 Å². The fourth-order valence-electron chi connectivity index (χ4n) is 1.37. The van der Waals surface area contributed by atoms with Gasteiger partial charge in [0.15, 0.2) is 0 Å². The van der Waals surface area contributed by atoms with Gasteiger partial charge in [0.25, 0.3) is 0 Å². The summed E-state index contributed by atoms with van der Waals surface area (Å²) in [7, 11) is -0.937. The Morgan fingerprint density at radius 2 is 2.06 bits per heavy atom. The maximum Gasteiger partial charge on any atom is 0.418 e. The molecule has 18 heavy (non-hydrogen) atoms. The van der Waals surface area contributed by atoms with Gasteiger partial charge in [0.2, 0.25) is 0 Å². The SMILES string of the molecule is CCS(=O)CCNc1ccc(N)c(C(F)(F)F)c1. The van der Waals surface area contributed by atoms with E-state index in [2.05, 4.69) is 5.32 Å². The zero-order chi connectivity index (χ0) is 13.8. The molecule has 0 bridgehead atoms. The maximum absolute atomic E-state index is 12.6. The Kier molecular flexibility index (Phi) is 5.01. The summed E-state index contributed by atoms with van der Waals surface area (Å²) in [5.41, 5.74) is 4.44. The number of benzene rings is 1. The van der Waals surface area contributed by atoms with Gasteiger partial charge >= 0.3 is 6.18 Å². The topological polar surface area (TPSA) is 55.1 Å². The van der Waals surface area contributed by atoms with Crippen molar-refractivity contribution in [1.29, 1.82) is 0 Å². The summed E-state index contributed by atoms with van der Waals surface area (Å²) in [4.78, 5) is 0. The highest BCUT2D eigenvalue weighted by Gasteiger charge is 2.33. The summed E-state index contributed by atoms with van der Waals surface area (Å²) in [6.07, 6.45) is -4.46. The molecule has 1 unspecified atom stereocenters. The van der Waals surface area contributed by atoms with Gasteiger partial charge in [-0.1, -0.05) is 6.92 Å². The number of hydrogen-bond acceptors (Lipinski definition) is 3. The Balaban J connectivity index is 2.71. The highest BCUT2D eigenvalue weighted by molar-refractivity contribution is 7.84. The maximum atomic E-state index is 12.6. The van der Waals surface area contributed by atoms with Crippen molar-refractivity contribution in [3.8, 4) is 0 Å². The van der Waals surface area contributed by atoms with Crippen LogP contribution >= 0.6 is 0 Å². The number of nitrogens with one attached hydrogen (secondary N) is 1. The monoisotopic (exact) mass is 280 g/mol. The predicted molar refractivity (Wildman–Crippen MR) is 67.9 cm³/mol. The molecule has 0 aromatic heterocycles. The molecule has 0 heterocycles. The van der Waals surface area contributed by atoms with Crippen molar-refractivity contribution >= 4 is 22.2 Å². The van der Waals surface area contributed by atoms with E-state index in [0.717, 1.165) is 6.07 Å². The van der Waals surface area contributed by atoms with Crippen LogP contribution in [0.5, 0.6) is 0 Å². The van der Waals surface area contributed by atoms with Gasteiger partial charge in [0.1, 0.15) is 0 Å². The van der Waals surface area contributed by atoms with E-state index < -0.39 is 22.5 Å². The lowest BCUT2D eigenvalue weighted by Crippen LogP contribution is -2.14. The summed E-state index contributed by atoms with van der Waals surface area (Å²) in [5, 5.41) is 2.80. The molecular formula is C11H15F3N2OS. The van der Waals surface area contributed by atoms with Crippen molar-refractivity contribution in [2.24, 2.45) is 0 Å². The smallest absolute Gasteiger partial charge is 0.398 e. The molecule has 0 fully saturated rings. The molecule has 1 aromatic rings. The van der Waals surface area contributed by atoms with Gasteiger partial charge in [0.05, 0.1) is 5.56 Å². The second-order valence-electron chi connectivity index (χ2n) is 3.66. The number of hydrogen-bond donors (Lipinski definition) is 2. The average Bonchev–Trinajstić information content (AvgIpc) is 2.29. The Hall–Kier alpha value is -1.24. The number of nitrogens with two attached hydrogens (primary N) is 1. The summed E-state index contributed by atoms with van der Waals surface area (Å²) < 4.78 is 48.9. The van der Waals surface area contributed by atoms with Gasteiger partial charge in [-0.3, -0.25) is 4.21 Å². The van der Waals surface area contributed by atoms with Gasteiger partial charge in [-0.15, -0.1) is 0 Å². The molecule has 0 spiro atoms. The third-order valence-corrected chi connectivity index (χ3v) is 3.64. The van der Waals surface area contributed by atoms with Gasteiger partial charge in [-0.25, -0.2) is 0 Å². The summed E-state index contributed by atoms with van der Waals surface area (Å²) in [6, 6.07) is 3.64. The van der Waals surface area contributed by atoms with E-state index >= 15 is 0 Å². The first-order valence-corrected chi connectivity index (χ1v) is 6.89. The lowest BCUT2D eigenvalue weighted by molar-refractivity contribution is -0.136. The number of nitrogen functional groups attached to an aromatic ring is 1. The Morgan fingerprint density at radius 1 is 1.39 bits per heavy atom. The molecule has 1 aromatic carbocycles. The van der Waals surface area contributed by atoms with Crippen molar-refractivity contribution in [2.75, 3.05) is 29.1 Å². The molecule has 0 aliphatic carbocycles. The van der Waals surface area contributed by atoms with E-state index in [0.29, 0.717) is 23.7 Å². The first-order valence-electron chi connectivity index (χ1n) is 5.40. The Bertz CT molecular complexity index is 435. The molecule has 0 aliphatic heterocycles. The van der Waals surface area contributed by atoms with E-state index in [1.807, 2.05) is 0 Å². The minimum Gasteiger partial charge on any atom is -0.398 e. The van der Waals surface area contributed by atoms with Crippen LogP contribution in [0.3, 0.4) is 0 Å². The highest BCUT2D eigenvalue weighted by atomic mass is 32.2. The molecule has 0 saturated heterocycles. The minimum atomic E-state index is -4.46. The molecule has 1 atom stereocenters. The van der Waals surface area contributed by atoms with E-state index in [1.54, 1.807) is 6.92 Å². The molecule has 7 heteroatoms. The van der Waals surface area contributed by atoms with Crippen LogP contribution in [0.15, 0.2) is 18.2 Å². The predicted octanol–water partition coefficient (Wildman–Crippen LogP) is 2.47. The standard InChI is InChI=1S/C11H15F3N2OS/c1-2-18(17)6-5-16-8-3-4-10(15)9(7-8)11(12,13)14/h3-4,7,16H,2,5-6,15H2,1H3. The summed E-state index contributed by atoms with van der Waals surface area (Å²) in [6.45, 7) is 2.16. The van der Waals surface area contributed by atoms with E-state index in [-0.39, 0.29) is 5.69 Å². The van der Waals surface area contributed by atoms with Crippen molar-refractivity contribution < 1.29 is 17.4 Å². The second kappa shape index (κ2) is 6.08.